The van der Waals surface area contributed by atoms with Crippen molar-refractivity contribution in [3.8, 4) is 11.3 Å². The predicted octanol–water partition coefficient (Wildman–Crippen LogP) is 6.91. The zero-order valence-corrected chi connectivity index (χ0v) is 24.7. The Kier molecular flexibility index (Phi) is 8.39. The van der Waals surface area contributed by atoms with E-state index >= 15 is 0 Å². The van der Waals surface area contributed by atoms with Crippen LogP contribution in [0.1, 0.15) is 43.0 Å². The number of benzene rings is 4. The molecule has 0 fully saturated rings. The fourth-order valence-electron chi connectivity index (χ4n) is 5.35. The van der Waals surface area contributed by atoms with E-state index in [9.17, 15) is 4.39 Å². The van der Waals surface area contributed by atoms with Crippen molar-refractivity contribution in [2.24, 2.45) is 0 Å². The average Bonchev–Trinajstić information content (AvgIpc) is 2.92. The van der Waals surface area contributed by atoms with Gasteiger partial charge in [0.25, 0.3) is 0 Å². The zero-order valence-electron chi connectivity index (χ0n) is 22.3. The molecule has 0 saturated heterocycles. The Morgan fingerprint density at radius 3 is 2.51 bits per heavy atom. The second kappa shape index (κ2) is 11.6. The number of halogens is 1. The normalized spacial score (nSPS) is 13.9. The van der Waals surface area contributed by atoms with E-state index in [0.29, 0.717) is 5.56 Å². The van der Waals surface area contributed by atoms with Crippen molar-refractivity contribution >= 4 is 28.6 Å². The van der Waals surface area contributed by atoms with E-state index in [1.807, 2.05) is 42.5 Å². The van der Waals surface area contributed by atoms with Gasteiger partial charge in [0, 0.05) is 12.0 Å². The molecule has 39 heavy (non-hydrogen) atoms. The molecular weight excluding hydrogens is 660 g/mol. The maximum atomic E-state index is 14.4. The largest absolute Gasteiger partial charge is 3.00 e. The quantitative estimate of drug-likeness (QED) is 0.147. The van der Waals surface area contributed by atoms with Gasteiger partial charge in [-0.15, -0.1) is 64.7 Å². The van der Waals surface area contributed by atoms with Gasteiger partial charge in [0.05, 0.1) is 0 Å². The van der Waals surface area contributed by atoms with Crippen LogP contribution in [0.4, 0.5) is 4.39 Å². The summed E-state index contributed by atoms with van der Waals surface area (Å²) < 4.78 is 14.4. The number of fused-ring (bicyclic) bond motifs is 2. The molecule has 0 bridgehead atoms. The van der Waals surface area contributed by atoms with Crippen molar-refractivity contribution in [1.82, 2.24) is 4.98 Å². The molecule has 1 heterocycles. The van der Waals surface area contributed by atoms with Gasteiger partial charge in [-0.1, -0.05) is 87.0 Å². The summed E-state index contributed by atoms with van der Waals surface area (Å²) in [6, 6.07) is 31.8. The Bertz CT molecular complexity index is 1800. The summed E-state index contributed by atoms with van der Waals surface area (Å²) in [5, 5.41) is 13.3. The number of aromatic nitrogens is 1. The Morgan fingerprint density at radius 1 is 0.974 bits per heavy atom. The Morgan fingerprint density at radius 2 is 1.74 bits per heavy atom. The molecule has 5 aromatic rings. The van der Waals surface area contributed by atoms with Crippen LogP contribution in [0.2, 0.25) is 0 Å². The second-order valence-corrected chi connectivity index (χ2v) is 10.1. The topological polar surface area (TPSA) is 35.2 Å². The van der Waals surface area contributed by atoms with E-state index in [1.165, 1.54) is 11.6 Å². The SMILES string of the molecule is C/C(c1[c-]ccc(C)c1)=c1/cccc/c1=C/C=[N-].CC1(C)c2c([c-]ccc2F)-c2nccc3cccc1c23.[Ir+3]. The van der Waals surface area contributed by atoms with Gasteiger partial charge in [0.2, 0.25) is 0 Å². The first-order valence-corrected chi connectivity index (χ1v) is 12.6. The standard InChI is InChI=1S/C18H13FN.C17H15N.Ir/c1-18(2)13-7-3-5-11-9-10-20-17(15(11)13)12-6-4-8-14(19)16(12)18;1-13-6-5-8-16(12-13)14(2)17-9-4-3-7-15(17)10-11-18;/h3-5,7-10H,1-2H3;3-7,9-12H,1-2H3;/q-1;-2;+3/b;15-10-,17-14+;. The Balaban J connectivity index is 0.000000178. The third-order valence-electron chi connectivity index (χ3n) is 7.25. The van der Waals surface area contributed by atoms with Crippen molar-refractivity contribution in [1.29, 1.82) is 0 Å². The fraction of sp³-hybridized carbons (Fsp3) is 0.143. The number of nitrogens with zero attached hydrogens (tertiary/aromatic N) is 2. The van der Waals surface area contributed by atoms with Gasteiger partial charge < -0.3 is 10.4 Å². The van der Waals surface area contributed by atoms with Crippen molar-refractivity contribution < 1.29 is 24.5 Å². The molecule has 2 nitrogen and oxygen atoms in total. The zero-order chi connectivity index (χ0) is 26.9. The summed E-state index contributed by atoms with van der Waals surface area (Å²) in [5.74, 6) is -0.183. The maximum absolute atomic E-state index is 14.4. The van der Waals surface area contributed by atoms with E-state index < -0.39 is 0 Å². The van der Waals surface area contributed by atoms with Crippen LogP contribution >= 0.6 is 0 Å². The maximum Gasteiger partial charge on any atom is 3.00 e. The smallest absolute Gasteiger partial charge is 0.811 e. The first-order chi connectivity index (χ1) is 18.3. The molecule has 1 aliphatic rings. The number of aryl methyl sites for hydroxylation is 1. The van der Waals surface area contributed by atoms with E-state index in [2.05, 4.69) is 69.1 Å². The van der Waals surface area contributed by atoms with Crippen LogP contribution in [-0.4, -0.2) is 11.2 Å². The summed E-state index contributed by atoms with van der Waals surface area (Å²) >= 11 is 0. The van der Waals surface area contributed by atoms with Gasteiger partial charge in [0.1, 0.15) is 0 Å². The molecule has 1 aliphatic carbocycles. The van der Waals surface area contributed by atoms with Gasteiger partial charge in [-0.25, -0.2) is 4.39 Å². The van der Waals surface area contributed by atoms with Crippen LogP contribution in [0.3, 0.4) is 0 Å². The molecule has 0 radical (unpaired) electrons. The molecule has 0 atom stereocenters. The fourth-order valence-corrected chi connectivity index (χ4v) is 5.35. The van der Waals surface area contributed by atoms with Crippen molar-refractivity contribution in [3.05, 3.63) is 141 Å². The van der Waals surface area contributed by atoms with Crippen LogP contribution in [-0.2, 0) is 25.5 Å². The molecule has 4 heteroatoms. The van der Waals surface area contributed by atoms with Crippen molar-refractivity contribution in [3.63, 3.8) is 0 Å². The van der Waals surface area contributed by atoms with Gasteiger partial charge in [-0.2, -0.15) is 6.21 Å². The molecule has 1 aromatic heterocycles. The minimum atomic E-state index is -0.382. The minimum Gasteiger partial charge on any atom is -0.811 e. The molecule has 4 aromatic carbocycles. The van der Waals surface area contributed by atoms with Gasteiger partial charge in [0.15, 0.2) is 0 Å². The van der Waals surface area contributed by atoms with Crippen LogP contribution in [0.25, 0.3) is 39.1 Å². The molecule has 0 amide bonds. The minimum absolute atomic E-state index is 0. The predicted molar refractivity (Wildman–Crippen MR) is 156 cm³/mol. The molecule has 0 N–H and O–H groups in total. The van der Waals surface area contributed by atoms with E-state index in [1.54, 1.807) is 18.3 Å². The summed E-state index contributed by atoms with van der Waals surface area (Å²) in [5.41, 5.74) is 6.54. The average molecular weight is 688 g/mol. The Labute approximate surface area is 242 Å². The molecule has 0 saturated carbocycles. The monoisotopic (exact) mass is 688 g/mol. The number of hydrogen-bond donors (Lipinski definition) is 0. The molecule has 0 aliphatic heterocycles. The van der Waals surface area contributed by atoms with Crippen LogP contribution in [0, 0.1) is 24.9 Å². The molecule has 6 rings (SSSR count). The van der Waals surface area contributed by atoms with E-state index in [0.717, 1.165) is 55.4 Å². The van der Waals surface area contributed by atoms with E-state index in [4.69, 9.17) is 5.41 Å². The first-order valence-electron chi connectivity index (χ1n) is 12.6. The number of rotatable bonds is 2. The van der Waals surface area contributed by atoms with Crippen molar-refractivity contribution in [2.75, 3.05) is 0 Å². The van der Waals surface area contributed by atoms with Crippen LogP contribution in [0.15, 0.2) is 85.1 Å². The number of hydrogen-bond acceptors (Lipinski definition) is 1. The third kappa shape index (κ3) is 5.28. The first kappa shape index (κ1) is 28.3. The van der Waals surface area contributed by atoms with Gasteiger partial charge >= 0.3 is 20.1 Å². The van der Waals surface area contributed by atoms with Crippen LogP contribution < -0.4 is 10.4 Å². The second-order valence-electron chi connectivity index (χ2n) is 10.1. The summed E-state index contributed by atoms with van der Waals surface area (Å²) in [6.07, 6.45) is 4.56. The van der Waals surface area contributed by atoms with E-state index in [-0.39, 0.29) is 31.3 Å². The van der Waals surface area contributed by atoms with Gasteiger partial charge in [-0.05, 0) is 38.7 Å². The molecular formula is C35H28FIrN2. The third-order valence-corrected chi connectivity index (χ3v) is 7.25. The molecule has 0 unspecified atom stereocenters. The summed E-state index contributed by atoms with van der Waals surface area (Å²) in [6.45, 7) is 8.28. The molecule has 194 valence electrons. The summed E-state index contributed by atoms with van der Waals surface area (Å²) in [7, 11) is 0. The summed E-state index contributed by atoms with van der Waals surface area (Å²) in [4.78, 5) is 4.49. The van der Waals surface area contributed by atoms with Crippen LogP contribution in [0.5, 0.6) is 0 Å². The van der Waals surface area contributed by atoms with Crippen molar-refractivity contribution in [2.45, 2.75) is 33.1 Å². The van der Waals surface area contributed by atoms with Gasteiger partial charge in [-0.3, -0.25) is 0 Å². The number of pyridine rings is 1. The Hall–Kier alpha value is -3.72. The molecule has 0 spiro atoms.